The van der Waals surface area contributed by atoms with Crippen LogP contribution in [0.4, 0.5) is 0 Å². The van der Waals surface area contributed by atoms with Gasteiger partial charge in [-0.15, -0.1) is 5.10 Å². The minimum atomic E-state index is 0.0344. The predicted molar refractivity (Wildman–Crippen MR) is 110 cm³/mol. The van der Waals surface area contributed by atoms with E-state index in [1.807, 2.05) is 49.9 Å². The Kier molecular flexibility index (Phi) is 5.57. The lowest BCUT2D eigenvalue weighted by atomic mass is 10.2. The molecule has 3 aromatic rings. The lowest BCUT2D eigenvalue weighted by Gasteiger charge is -2.23. The Morgan fingerprint density at radius 2 is 1.97 bits per heavy atom. The van der Waals surface area contributed by atoms with Crippen molar-refractivity contribution < 1.29 is 14.3 Å². The number of rotatable bonds is 6. The van der Waals surface area contributed by atoms with Gasteiger partial charge in [-0.05, 0) is 44.5 Å². The SMILES string of the molecule is CCN(Cc1ccc2c(c1)OCCO2)C(=O)CSc1nc2nc(C)cc(C)n2n1. The second-order valence-electron chi connectivity index (χ2n) is 6.82. The fourth-order valence-electron chi connectivity index (χ4n) is 3.21. The monoisotopic (exact) mass is 413 g/mol. The third kappa shape index (κ3) is 4.29. The highest BCUT2D eigenvalue weighted by molar-refractivity contribution is 7.99. The molecule has 0 aliphatic carbocycles. The smallest absolute Gasteiger partial charge is 0.253 e. The average molecular weight is 414 g/mol. The van der Waals surface area contributed by atoms with Gasteiger partial charge >= 0.3 is 0 Å². The van der Waals surface area contributed by atoms with Crippen LogP contribution in [-0.4, -0.2) is 55.9 Å². The maximum atomic E-state index is 12.7. The van der Waals surface area contributed by atoms with Gasteiger partial charge in [0.15, 0.2) is 11.5 Å². The number of carbonyl (C=O) groups excluding carboxylic acids is 1. The standard InChI is InChI=1S/C20H23N5O3S/c1-4-24(11-15-5-6-16-17(10-15)28-8-7-27-16)18(26)12-29-20-22-19-21-13(2)9-14(3)25(19)23-20/h5-6,9-10H,4,7-8,11-12H2,1-3H3. The number of aryl methyl sites for hydroxylation is 2. The lowest BCUT2D eigenvalue weighted by molar-refractivity contribution is -0.128. The van der Waals surface area contributed by atoms with Crippen LogP contribution in [0.25, 0.3) is 5.78 Å². The number of fused-ring (bicyclic) bond motifs is 2. The number of hydrogen-bond acceptors (Lipinski definition) is 7. The molecule has 0 fully saturated rings. The highest BCUT2D eigenvalue weighted by Gasteiger charge is 2.17. The van der Waals surface area contributed by atoms with Gasteiger partial charge in [-0.2, -0.15) is 4.98 Å². The molecule has 0 radical (unpaired) electrons. The molecule has 9 heteroatoms. The van der Waals surface area contributed by atoms with Gasteiger partial charge in [-0.25, -0.2) is 9.50 Å². The Balaban J connectivity index is 1.41. The Morgan fingerprint density at radius 1 is 1.17 bits per heavy atom. The van der Waals surface area contributed by atoms with Crippen LogP contribution < -0.4 is 9.47 Å². The molecular formula is C20H23N5O3S. The second-order valence-corrected chi connectivity index (χ2v) is 7.76. The first-order valence-electron chi connectivity index (χ1n) is 9.53. The summed E-state index contributed by atoms with van der Waals surface area (Å²) in [6.07, 6.45) is 0. The van der Waals surface area contributed by atoms with E-state index in [9.17, 15) is 4.79 Å². The van der Waals surface area contributed by atoms with E-state index < -0.39 is 0 Å². The molecule has 152 valence electrons. The summed E-state index contributed by atoms with van der Waals surface area (Å²) >= 11 is 1.33. The lowest BCUT2D eigenvalue weighted by Crippen LogP contribution is -2.31. The summed E-state index contributed by atoms with van der Waals surface area (Å²) < 4.78 is 12.9. The van der Waals surface area contributed by atoms with Crippen LogP contribution in [0.3, 0.4) is 0 Å². The number of thioether (sulfide) groups is 1. The maximum absolute atomic E-state index is 12.7. The first-order chi connectivity index (χ1) is 14.0. The Morgan fingerprint density at radius 3 is 2.76 bits per heavy atom. The van der Waals surface area contributed by atoms with Gasteiger partial charge in [0.1, 0.15) is 13.2 Å². The van der Waals surface area contributed by atoms with E-state index in [-0.39, 0.29) is 11.7 Å². The van der Waals surface area contributed by atoms with Gasteiger partial charge in [0.05, 0.1) is 5.75 Å². The molecule has 2 aromatic heterocycles. The molecular weight excluding hydrogens is 390 g/mol. The van der Waals surface area contributed by atoms with Crippen molar-refractivity contribution in [1.82, 2.24) is 24.5 Å². The largest absolute Gasteiger partial charge is 0.486 e. The predicted octanol–water partition coefficient (Wildman–Crippen LogP) is 2.65. The number of hydrogen-bond donors (Lipinski definition) is 0. The second kappa shape index (κ2) is 8.28. The summed E-state index contributed by atoms with van der Waals surface area (Å²) in [6, 6.07) is 7.76. The molecule has 3 heterocycles. The average Bonchev–Trinajstić information content (AvgIpc) is 3.13. The van der Waals surface area contributed by atoms with Gasteiger partial charge in [-0.3, -0.25) is 4.79 Å². The molecule has 0 atom stereocenters. The zero-order chi connectivity index (χ0) is 20.4. The molecule has 0 N–H and O–H groups in total. The molecule has 8 nitrogen and oxygen atoms in total. The molecule has 0 unspecified atom stereocenters. The molecule has 0 bridgehead atoms. The number of aromatic nitrogens is 4. The quantitative estimate of drug-likeness (QED) is 0.575. The van der Waals surface area contributed by atoms with E-state index in [0.29, 0.717) is 37.2 Å². The summed E-state index contributed by atoms with van der Waals surface area (Å²) in [5.41, 5.74) is 2.87. The highest BCUT2D eigenvalue weighted by atomic mass is 32.2. The molecule has 0 saturated carbocycles. The van der Waals surface area contributed by atoms with Crippen LogP contribution in [0, 0.1) is 13.8 Å². The molecule has 4 rings (SSSR count). The summed E-state index contributed by atoms with van der Waals surface area (Å²) in [7, 11) is 0. The van der Waals surface area contributed by atoms with Gasteiger partial charge in [-0.1, -0.05) is 17.8 Å². The third-order valence-corrected chi connectivity index (χ3v) is 5.46. The van der Waals surface area contributed by atoms with Crippen LogP contribution >= 0.6 is 11.8 Å². The highest BCUT2D eigenvalue weighted by Crippen LogP contribution is 2.31. The molecule has 1 aliphatic rings. The van der Waals surface area contributed by atoms with E-state index in [4.69, 9.17) is 9.47 Å². The summed E-state index contributed by atoms with van der Waals surface area (Å²) in [4.78, 5) is 23.4. The number of carbonyl (C=O) groups is 1. The minimum Gasteiger partial charge on any atom is -0.486 e. The third-order valence-electron chi connectivity index (χ3n) is 4.64. The van der Waals surface area contributed by atoms with Crippen molar-refractivity contribution in [1.29, 1.82) is 0 Å². The minimum absolute atomic E-state index is 0.0344. The van der Waals surface area contributed by atoms with Crippen molar-refractivity contribution in [2.75, 3.05) is 25.5 Å². The van der Waals surface area contributed by atoms with Crippen molar-refractivity contribution >= 4 is 23.4 Å². The van der Waals surface area contributed by atoms with Crippen molar-refractivity contribution in [2.45, 2.75) is 32.5 Å². The van der Waals surface area contributed by atoms with Gasteiger partial charge < -0.3 is 14.4 Å². The van der Waals surface area contributed by atoms with Crippen molar-refractivity contribution in [3.8, 4) is 11.5 Å². The Bertz CT molecular complexity index is 1050. The van der Waals surface area contributed by atoms with E-state index in [1.165, 1.54) is 11.8 Å². The number of amides is 1. The van der Waals surface area contributed by atoms with Gasteiger partial charge in [0.2, 0.25) is 11.1 Å². The Hall–Kier alpha value is -2.81. The fourth-order valence-corrected chi connectivity index (χ4v) is 3.93. The van der Waals surface area contributed by atoms with E-state index in [1.54, 1.807) is 4.52 Å². The number of benzene rings is 1. The van der Waals surface area contributed by atoms with Crippen LogP contribution in [0.15, 0.2) is 29.4 Å². The molecule has 1 amide bonds. The molecule has 1 aromatic carbocycles. The van der Waals surface area contributed by atoms with Crippen molar-refractivity contribution in [3.63, 3.8) is 0 Å². The number of nitrogens with zero attached hydrogens (tertiary/aromatic N) is 5. The molecule has 1 aliphatic heterocycles. The van der Waals surface area contributed by atoms with E-state index >= 15 is 0 Å². The molecule has 29 heavy (non-hydrogen) atoms. The van der Waals surface area contributed by atoms with Gasteiger partial charge in [0.25, 0.3) is 5.78 Å². The fraction of sp³-hybridized carbons (Fsp3) is 0.400. The van der Waals surface area contributed by atoms with Crippen LogP contribution in [0.2, 0.25) is 0 Å². The van der Waals surface area contributed by atoms with Crippen molar-refractivity contribution in [2.24, 2.45) is 0 Å². The zero-order valence-electron chi connectivity index (χ0n) is 16.7. The number of ether oxygens (including phenoxy) is 2. The van der Waals surface area contributed by atoms with E-state index in [2.05, 4.69) is 15.1 Å². The Labute approximate surface area is 173 Å². The van der Waals surface area contributed by atoms with Crippen LogP contribution in [0.1, 0.15) is 23.9 Å². The van der Waals surface area contributed by atoms with Crippen LogP contribution in [0.5, 0.6) is 11.5 Å². The summed E-state index contributed by atoms with van der Waals surface area (Å²) in [5.74, 6) is 2.35. The zero-order valence-corrected chi connectivity index (χ0v) is 17.5. The summed E-state index contributed by atoms with van der Waals surface area (Å²) in [6.45, 7) is 8.10. The van der Waals surface area contributed by atoms with E-state index in [0.717, 1.165) is 28.5 Å². The first-order valence-corrected chi connectivity index (χ1v) is 10.5. The molecule has 0 saturated heterocycles. The molecule has 0 spiro atoms. The summed E-state index contributed by atoms with van der Waals surface area (Å²) in [5, 5.41) is 5.00. The first kappa shape index (κ1) is 19.5. The van der Waals surface area contributed by atoms with Crippen molar-refractivity contribution in [3.05, 3.63) is 41.2 Å². The normalized spacial score (nSPS) is 12.9. The van der Waals surface area contributed by atoms with Crippen LogP contribution in [-0.2, 0) is 11.3 Å². The maximum Gasteiger partial charge on any atom is 0.253 e. The van der Waals surface area contributed by atoms with Gasteiger partial charge in [0, 0.05) is 24.5 Å². The topological polar surface area (TPSA) is 81.9 Å².